The molecule has 4 heteroatoms. The summed E-state index contributed by atoms with van der Waals surface area (Å²) in [5.41, 5.74) is 9.15. The van der Waals surface area contributed by atoms with Crippen molar-refractivity contribution in [1.82, 2.24) is 0 Å². The summed E-state index contributed by atoms with van der Waals surface area (Å²) in [4.78, 5) is 16.7. The lowest BCUT2D eigenvalue weighted by Crippen LogP contribution is -2.32. The first-order chi connectivity index (χ1) is 9.79. The van der Waals surface area contributed by atoms with Crippen LogP contribution in [0.5, 0.6) is 0 Å². The van der Waals surface area contributed by atoms with Crippen molar-refractivity contribution >= 4 is 17.3 Å². The van der Waals surface area contributed by atoms with E-state index in [1.165, 1.54) is 0 Å². The van der Waals surface area contributed by atoms with Gasteiger partial charge in [-0.05, 0) is 6.07 Å². The van der Waals surface area contributed by atoms with E-state index in [-0.39, 0.29) is 12.5 Å². The summed E-state index contributed by atoms with van der Waals surface area (Å²) < 4.78 is 0. The number of hydrogen-bond donors (Lipinski definition) is 2. The largest absolute Gasteiger partial charge is 0.328 e. The number of carbonyl (C=O) groups is 1. The summed E-state index contributed by atoms with van der Waals surface area (Å²) in [5.74, 6) is -0.161. The Labute approximate surface area is 117 Å². The van der Waals surface area contributed by atoms with Gasteiger partial charge in [0.15, 0.2) is 0 Å². The van der Waals surface area contributed by atoms with Crippen LogP contribution in [0.25, 0.3) is 0 Å². The average Bonchev–Trinajstić information content (AvgIpc) is 2.64. The lowest BCUT2D eigenvalue weighted by atomic mass is 10.0. The van der Waals surface area contributed by atoms with Gasteiger partial charge in [-0.2, -0.15) is 0 Å². The SMILES string of the molecule is NC[C@@H]1N=C(c2ccccc2)c2ccccc2NC1=O. The van der Waals surface area contributed by atoms with Gasteiger partial charge >= 0.3 is 0 Å². The van der Waals surface area contributed by atoms with Gasteiger partial charge in [-0.3, -0.25) is 9.79 Å². The van der Waals surface area contributed by atoms with Crippen molar-refractivity contribution in [2.75, 3.05) is 11.9 Å². The van der Waals surface area contributed by atoms with E-state index in [0.29, 0.717) is 0 Å². The fraction of sp³-hybridized carbons (Fsp3) is 0.125. The molecular formula is C16H15N3O. The lowest BCUT2D eigenvalue weighted by molar-refractivity contribution is -0.117. The number of amides is 1. The van der Waals surface area contributed by atoms with Crippen LogP contribution in [0, 0.1) is 0 Å². The minimum Gasteiger partial charge on any atom is -0.328 e. The minimum atomic E-state index is -0.558. The molecular weight excluding hydrogens is 250 g/mol. The third-order valence-electron chi connectivity index (χ3n) is 3.30. The predicted molar refractivity (Wildman–Crippen MR) is 80.0 cm³/mol. The van der Waals surface area contributed by atoms with E-state index in [4.69, 9.17) is 5.73 Å². The fourth-order valence-electron chi connectivity index (χ4n) is 2.28. The highest BCUT2D eigenvalue weighted by atomic mass is 16.2. The van der Waals surface area contributed by atoms with E-state index in [0.717, 1.165) is 22.5 Å². The highest BCUT2D eigenvalue weighted by Gasteiger charge is 2.24. The number of nitrogens with zero attached hydrogens (tertiary/aromatic N) is 1. The second kappa shape index (κ2) is 5.27. The lowest BCUT2D eigenvalue weighted by Gasteiger charge is -2.09. The van der Waals surface area contributed by atoms with Gasteiger partial charge in [0.05, 0.1) is 11.4 Å². The third kappa shape index (κ3) is 2.21. The van der Waals surface area contributed by atoms with Gasteiger partial charge < -0.3 is 11.1 Å². The normalized spacial score (nSPS) is 17.8. The van der Waals surface area contributed by atoms with Crippen LogP contribution >= 0.6 is 0 Å². The van der Waals surface area contributed by atoms with Crippen LogP contribution in [0.2, 0.25) is 0 Å². The smallest absolute Gasteiger partial charge is 0.250 e. The second-order valence-corrected chi connectivity index (χ2v) is 4.63. The number of rotatable bonds is 2. The molecule has 0 saturated carbocycles. The van der Waals surface area contributed by atoms with E-state index in [1.807, 2.05) is 54.6 Å². The van der Waals surface area contributed by atoms with Gasteiger partial charge in [0.2, 0.25) is 0 Å². The maximum Gasteiger partial charge on any atom is 0.250 e. The van der Waals surface area contributed by atoms with Crippen molar-refractivity contribution in [2.24, 2.45) is 10.7 Å². The first kappa shape index (κ1) is 12.6. The first-order valence-electron chi connectivity index (χ1n) is 6.53. The quantitative estimate of drug-likeness (QED) is 0.869. The Kier molecular flexibility index (Phi) is 3.31. The summed E-state index contributed by atoms with van der Waals surface area (Å²) >= 11 is 0. The van der Waals surface area contributed by atoms with Gasteiger partial charge in [-0.15, -0.1) is 0 Å². The maximum absolute atomic E-state index is 12.1. The topological polar surface area (TPSA) is 67.5 Å². The van der Waals surface area contributed by atoms with Crippen LogP contribution in [0.3, 0.4) is 0 Å². The predicted octanol–water partition coefficient (Wildman–Crippen LogP) is 1.80. The molecule has 2 aromatic carbocycles. The number of anilines is 1. The zero-order valence-electron chi connectivity index (χ0n) is 10.9. The second-order valence-electron chi connectivity index (χ2n) is 4.63. The van der Waals surface area contributed by atoms with Gasteiger partial charge in [0.1, 0.15) is 6.04 Å². The van der Waals surface area contributed by atoms with Gasteiger partial charge in [0, 0.05) is 17.7 Å². The van der Waals surface area contributed by atoms with E-state index in [1.54, 1.807) is 0 Å². The molecule has 1 amide bonds. The molecule has 0 radical (unpaired) electrons. The molecule has 1 aliphatic heterocycles. The zero-order chi connectivity index (χ0) is 13.9. The van der Waals surface area contributed by atoms with Crippen LogP contribution < -0.4 is 11.1 Å². The molecule has 1 atom stereocenters. The summed E-state index contributed by atoms with van der Waals surface area (Å²) in [6.07, 6.45) is 0. The Hall–Kier alpha value is -2.46. The molecule has 3 rings (SSSR count). The molecule has 20 heavy (non-hydrogen) atoms. The highest BCUT2D eigenvalue weighted by molar-refractivity contribution is 6.19. The van der Waals surface area contributed by atoms with Crippen molar-refractivity contribution in [2.45, 2.75) is 6.04 Å². The zero-order valence-corrected chi connectivity index (χ0v) is 10.9. The molecule has 1 aliphatic rings. The molecule has 0 bridgehead atoms. The Balaban J connectivity index is 2.20. The maximum atomic E-state index is 12.1. The Morgan fingerprint density at radius 2 is 1.75 bits per heavy atom. The minimum absolute atomic E-state index is 0.161. The van der Waals surface area contributed by atoms with Crippen LogP contribution in [0.15, 0.2) is 59.6 Å². The number of para-hydroxylation sites is 1. The van der Waals surface area contributed by atoms with Crippen LogP contribution in [0.1, 0.15) is 11.1 Å². The Bertz CT molecular complexity index is 664. The summed E-state index contributed by atoms with van der Waals surface area (Å²) in [6, 6.07) is 16.9. The molecule has 1 heterocycles. The van der Waals surface area contributed by atoms with Crippen molar-refractivity contribution in [3.05, 3.63) is 65.7 Å². The number of aliphatic imine (C=N–C) groups is 1. The number of hydrogen-bond acceptors (Lipinski definition) is 3. The van der Waals surface area contributed by atoms with E-state index in [9.17, 15) is 4.79 Å². The molecule has 0 aliphatic carbocycles. The summed E-state index contributed by atoms with van der Waals surface area (Å²) in [6.45, 7) is 0.191. The van der Waals surface area contributed by atoms with Crippen molar-refractivity contribution < 1.29 is 4.79 Å². The average molecular weight is 265 g/mol. The van der Waals surface area contributed by atoms with Crippen molar-refractivity contribution in [3.8, 4) is 0 Å². The molecule has 3 N–H and O–H groups in total. The van der Waals surface area contributed by atoms with E-state index in [2.05, 4.69) is 10.3 Å². The molecule has 0 unspecified atom stereocenters. The summed E-state index contributed by atoms with van der Waals surface area (Å²) in [5, 5.41) is 2.89. The molecule has 0 aromatic heterocycles. The molecule has 4 nitrogen and oxygen atoms in total. The molecule has 100 valence electrons. The molecule has 0 saturated heterocycles. The number of benzene rings is 2. The number of carbonyl (C=O) groups excluding carboxylic acids is 1. The van der Waals surface area contributed by atoms with Crippen LogP contribution in [0.4, 0.5) is 5.69 Å². The van der Waals surface area contributed by atoms with Crippen LogP contribution in [-0.2, 0) is 4.79 Å². The van der Waals surface area contributed by atoms with Gasteiger partial charge in [0.25, 0.3) is 5.91 Å². The number of nitrogens with one attached hydrogen (secondary N) is 1. The first-order valence-corrected chi connectivity index (χ1v) is 6.53. The number of nitrogens with two attached hydrogens (primary N) is 1. The Morgan fingerprint density at radius 1 is 1.05 bits per heavy atom. The van der Waals surface area contributed by atoms with Gasteiger partial charge in [-0.1, -0.05) is 48.5 Å². The monoisotopic (exact) mass is 265 g/mol. The van der Waals surface area contributed by atoms with E-state index < -0.39 is 6.04 Å². The number of benzodiazepines with no additional fused rings is 1. The van der Waals surface area contributed by atoms with E-state index >= 15 is 0 Å². The third-order valence-corrected chi connectivity index (χ3v) is 3.30. The molecule has 2 aromatic rings. The molecule has 0 fully saturated rings. The standard InChI is InChI=1S/C16H15N3O/c17-10-14-16(20)19-13-9-5-4-8-12(13)15(18-14)11-6-2-1-3-7-11/h1-9,14H,10,17H2,(H,19,20)/t14-/m0/s1. The van der Waals surface area contributed by atoms with Gasteiger partial charge in [-0.25, -0.2) is 0 Å². The fourth-order valence-corrected chi connectivity index (χ4v) is 2.28. The summed E-state index contributed by atoms with van der Waals surface area (Å²) in [7, 11) is 0. The van der Waals surface area contributed by atoms with Crippen molar-refractivity contribution in [3.63, 3.8) is 0 Å². The van der Waals surface area contributed by atoms with Crippen LogP contribution in [-0.4, -0.2) is 24.2 Å². The highest BCUT2D eigenvalue weighted by Crippen LogP contribution is 2.23. The van der Waals surface area contributed by atoms with Crippen molar-refractivity contribution in [1.29, 1.82) is 0 Å². The Morgan fingerprint density at radius 3 is 2.50 bits per heavy atom. The molecule has 0 spiro atoms. The number of fused-ring (bicyclic) bond motifs is 1.